The number of rotatable bonds is 10. The zero-order chi connectivity index (χ0) is 12.7. The summed E-state index contributed by atoms with van der Waals surface area (Å²) in [6.45, 7) is 1.71. The predicted molar refractivity (Wildman–Crippen MR) is 69.9 cm³/mol. The fourth-order valence-electron chi connectivity index (χ4n) is 1.40. The first-order chi connectivity index (χ1) is 8.06. The summed E-state index contributed by atoms with van der Waals surface area (Å²) < 4.78 is 30.4. The molecule has 1 aliphatic carbocycles. The lowest BCUT2D eigenvalue weighted by molar-refractivity contribution is 0.117. The van der Waals surface area contributed by atoms with Crippen LogP contribution in [0.25, 0.3) is 0 Å². The van der Waals surface area contributed by atoms with Crippen molar-refractivity contribution < 1.29 is 13.2 Å². The quantitative estimate of drug-likeness (QED) is 0.453. The van der Waals surface area contributed by atoms with Crippen molar-refractivity contribution in [2.75, 3.05) is 38.4 Å². The van der Waals surface area contributed by atoms with E-state index in [9.17, 15) is 8.42 Å². The molecule has 4 nitrogen and oxygen atoms in total. The minimum Gasteiger partial charge on any atom is -0.380 e. The molecule has 0 saturated heterocycles. The summed E-state index contributed by atoms with van der Waals surface area (Å²) in [5, 5.41) is 0. The lowest BCUT2D eigenvalue weighted by Crippen LogP contribution is -2.32. The second kappa shape index (κ2) is 7.56. The van der Waals surface area contributed by atoms with E-state index in [2.05, 4.69) is 0 Å². The van der Waals surface area contributed by atoms with Gasteiger partial charge in [0.25, 0.3) is 0 Å². The SMILES string of the molecule is CN(CCOCC1CC1)S(=O)(=O)CCCCCl. The Kier molecular flexibility index (Phi) is 6.77. The van der Waals surface area contributed by atoms with Gasteiger partial charge in [-0.1, -0.05) is 0 Å². The molecule has 0 heterocycles. The molecular weight excluding hydrogens is 262 g/mol. The zero-order valence-corrected chi connectivity index (χ0v) is 12.0. The average Bonchev–Trinajstić information content (AvgIpc) is 3.08. The maximum atomic E-state index is 11.8. The fraction of sp³-hybridized carbons (Fsp3) is 1.00. The molecule has 17 heavy (non-hydrogen) atoms. The molecule has 6 heteroatoms. The average molecular weight is 284 g/mol. The third-order valence-corrected chi connectivity index (χ3v) is 5.07. The monoisotopic (exact) mass is 283 g/mol. The molecule has 102 valence electrons. The van der Waals surface area contributed by atoms with E-state index in [-0.39, 0.29) is 5.75 Å². The molecular formula is C11H22ClNO3S. The number of alkyl halides is 1. The Morgan fingerprint density at radius 3 is 2.65 bits per heavy atom. The van der Waals surface area contributed by atoms with Crippen molar-refractivity contribution >= 4 is 21.6 Å². The highest BCUT2D eigenvalue weighted by Crippen LogP contribution is 2.28. The van der Waals surface area contributed by atoms with Crippen molar-refractivity contribution in [1.82, 2.24) is 4.31 Å². The summed E-state index contributed by atoms with van der Waals surface area (Å²) in [5.41, 5.74) is 0. The topological polar surface area (TPSA) is 46.6 Å². The first-order valence-electron chi connectivity index (χ1n) is 6.14. The van der Waals surface area contributed by atoms with Crippen LogP contribution in [0, 0.1) is 5.92 Å². The molecule has 1 saturated carbocycles. The third kappa shape index (κ3) is 6.60. The van der Waals surface area contributed by atoms with E-state index >= 15 is 0 Å². The van der Waals surface area contributed by atoms with Gasteiger partial charge in [0.15, 0.2) is 0 Å². The van der Waals surface area contributed by atoms with Crippen LogP contribution in [0.1, 0.15) is 25.7 Å². The Morgan fingerprint density at radius 1 is 1.35 bits per heavy atom. The van der Waals surface area contributed by atoms with E-state index in [0.29, 0.717) is 25.5 Å². The number of ether oxygens (including phenoxy) is 1. The van der Waals surface area contributed by atoms with Crippen LogP contribution in [0.5, 0.6) is 0 Å². The van der Waals surface area contributed by atoms with Gasteiger partial charge in [0.1, 0.15) is 0 Å². The van der Waals surface area contributed by atoms with Crippen molar-refractivity contribution in [3.05, 3.63) is 0 Å². The number of hydrogen-bond acceptors (Lipinski definition) is 3. The van der Waals surface area contributed by atoms with Crippen molar-refractivity contribution in [2.45, 2.75) is 25.7 Å². The van der Waals surface area contributed by atoms with Crippen molar-refractivity contribution in [3.8, 4) is 0 Å². The second-order valence-electron chi connectivity index (χ2n) is 4.55. The Hall–Kier alpha value is 0.160. The molecule has 0 unspecified atom stereocenters. The van der Waals surface area contributed by atoms with Gasteiger partial charge in [-0.15, -0.1) is 11.6 Å². The Labute approximate surface area is 109 Å². The van der Waals surface area contributed by atoms with Gasteiger partial charge in [0, 0.05) is 26.1 Å². The molecule has 0 aromatic carbocycles. The highest BCUT2D eigenvalue weighted by Gasteiger charge is 2.21. The smallest absolute Gasteiger partial charge is 0.213 e. The van der Waals surface area contributed by atoms with E-state index in [4.69, 9.17) is 16.3 Å². The molecule has 0 atom stereocenters. The molecule has 0 bridgehead atoms. The molecule has 0 aromatic heterocycles. The van der Waals surface area contributed by atoms with Crippen LogP contribution < -0.4 is 0 Å². The van der Waals surface area contributed by atoms with Gasteiger partial charge in [-0.3, -0.25) is 0 Å². The van der Waals surface area contributed by atoms with Gasteiger partial charge in [-0.25, -0.2) is 12.7 Å². The number of unbranched alkanes of at least 4 members (excludes halogenated alkanes) is 1. The summed E-state index contributed by atoms with van der Waals surface area (Å²) in [6.07, 6.45) is 3.88. The van der Waals surface area contributed by atoms with E-state index in [1.54, 1.807) is 7.05 Å². The number of sulfonamides is 1. The summed E-state index contributed by atoms with van der Waals surface area (Å²) in [5.74, 6) is 1.42. The normalized spacial score (nSPS) is 16.6. The van der Waals surface area contributed by atoms with E-state index in [1.807, 2.05) is 0 Å². The number of halogens is 1. The van der Waals surface area contributed by atoms with Gasteiger partial charge in [-0.05, 0) is 31.6 Å². The van der Waals surface area contributed by atoms with Crippen LogP contribution in [0.4, 0.5) is 0 Å². The van der Waals surface area contributed by atoms with Gasteiger partial charge in [0.2, 0.25) is 10.0 Å². The molecule has 0 amide bonds. The first kappa shape index (κ1) is 15.2. The third-order valence-electron chi connectivity index (χ3n) is 2.86. The predicted octanol–water partition coefficient (Wildman–Crippen LogP) is 1.69. The molecule has 0 radical (unpaired) electrons. The molecule has 1 fully saturated rings. The number of hydrogen-bond donors (Lipinski definition) is 0. The molecule has 1 rings (SSSR count). The van der Waals surface area contributed by atoms with Gasteiger partial charge in [-0.2, -0.15) is 0 Å². The maximum absolute atomic E-state index is 11.8. The van der Waals surface area contributed by atoms with Crippen molar-refractivity contribution in [2.24, 2.45) is 5.92 Å². The van der Waals surface area contributed by atoms with E-state index in [0.717, 1.165) is 18.9 Å². The number of nitrogens with zero attached hydrogens (tertiary/aromatic N) is 1. The first-order valence-corrected chi connectivity index (χ1v) is 8.28. The summed E-state index contributed by atoms with van der Waals surface area (Å²) in [4.78, 5) is 0. The van der Waals surface area contributed by atoms with Crippen LogP contribution in [0.2, 0.25) is 0 Å². The van der Waals surface area contributed by atoms with Crippen LogP contribution in [0.15, 0.2) is 0 Å². The molecule has 0 spiro atoms. The van der Waals surface area contributed by atoms with Crippen molar-refractivity contribution in [1.29, 1.82) is 0 Å². The Bertz CT molecular complexity index is 304. The second-order valence-corrected chi connectivity index (χ2v) is 7.13. The van der Waals surface area contributed by atoms with E-state index in [1.165, 1.54) is 17.1 Å². The largest absolute Gasteiger partial charge is 0.380 e. The van der Waals surface area contributed by atoms with E-state index < -0.39 is 10.0 Å². The van der Waals surface area contributed by atoms with Crippen molar-refractivity contribution in [3.63, 3.8) is 0 Å². The molecule has 0 aromatic rings. The highest BCUT2D eigenvalue weighted by molar-refractivity contribution is 7.89. The van der Waals surface area contributed by atoms with Crippen LogP contribution >= 0.6 is 11.6 Å². The minimum atomic E-state index is -3.12. The van der Waals surface area contributed by atoms with Gasteiger partial charge in [0.05, 0.1) is 12.4 Å². The van der Waals surface area contributed by atoms with Crippen LogP contribution in [-0.2, 0) is 14.8 Å². The highest BCUT2D eigenvalue weighted by atomic mass is 35.5. The number of likely N-dealkylation sites (N-methyl/N-ethyl adjacent to an activating group) is 1. The summed E-state index contributed by atoms with van der Waals surface area (Å²) >= 11 is 5.52. The lowest BCUT2D eigenvalue weighted by atomic mass is 10.4. The van der Waals surface area contributed by atoms with Gasteiger partial charge < -0.3 is 4.74 Å². The van der Waals surface area contributed by atoms with Gasteiger partial charge >= 0.3 is 0 Å². The summed E-state index contributed by atoms with van der Waals surface area (Å²) in [7, 11) is -1.52. The standard InChI is InChI=1S/C11H22ClNO3S/c1-13(7-8-16-10-11-4-5-11)17(14,15)9-3-2-6-12/h11H,2-10H2,1H3. The maximum Gasteiger partial charge on any atom is 0.213 e. The Morgan fingerprint density at radius 2 is 2.06 bits per heavy atom. The molecule has 0 N–H and O–H groups in total. The summed E-state index contributed by atoms with van der Waals surface area (Å²) in [6, 6.07) is 0. The lowest BCUT2D eigenvalue weighted by Gasteiger charge is -2.16. The van der Waals surface area contributed by atoms with Crippen LogP contribution in [-0.4, -0.2) is 51.2 Å². The molecule has 1 aliphatic rings. The zero-order valence-electron chi connectivity index (χ0n) is 10.4. The fourth-order valence-corrected chi connectivity index (χ4v) is 2.82. The Balaban J connectivity index is 2.12. The van der Waals surface area contributed by atoms with Crippen LogP contribution in [0.3, 0.4) is 0 Å². The minimum absolute atomic E-state index is 0.179. The molecule has 0 aliphatic heterocycles.